The molecule has 4 nitrogen and oxygen atoms in total. The molecule has 19 heavy (non-hydrogen) atoms. The number of hydrogen-bond acceptors (Lipinski definition) is 3. The molecule has 1 fully saturated rings. The first-order chi connectivity index (χ1) is 8.63. The van der Waals surface area contributed by atoms with Gasteiger partial charge in [0.15, 0.2) is 10.1 Å². The normalized spacial score (nSPS) is 23.9. The Morgan fingerprint density at radius 1 is 1.32 bits per heavy atom. The zero-order valence-corrected chi connectivity index (χ0v) is 12.1. The van der Waals surface area contributed by atoms with Crippen molar-refractivity contribution in [1.82, 2.24) is 0 Å². The summed E-state index contributed by atoms with van der Waals surface area (Å²) in [7, 11) is -6.09. The monoisotopic (exact) mass is 305 g/mol. The van der Waals surface area contributed by atoms with Gasteiger partial charge in [-0.2, -0.15) is 13.2 Å². The van der Waals surface area contributed by atoms with Gasteiger partial charge in [0.2, 0.25) is 0 Å². The van der Waals surface area contributed by atoms with Gasteiger partial charge in [-0.1, -0.05) is 20.3 Å². The lowest BCUT2D eigenvalue weighted by Gasteiger charge is -2.19. The third kappa shape index (κ3) is 7.12. The topological polar surface area (TPSA) is 61.6 Å². The fraction of sp³-hybridized carbons (Fsp3) is 1.00. The van der Waals surface area contributed by atoms with E-state index in [2.05, 4.69) is 13.8 Å². The molecule has 2 atom stereocenters. The van der Waals surface area contributed by atoms with Crippen LogP contribution < -0.4 is 4.90 Å². The van der Waals surface area contributed by atoms with Crippen molar-refractivity contribution in [2.75, 3.05) is 13.1 Å². The Morgan fingerprint density at radius 3 is 2.21 bits per heavy atom. The first-order valence-electron chi connectivity index (χ1n) is 6.50. The lowest BCUT2D eigenvalue weighted by Crippen LogP contribution is -3.13. The average Bonchev–Trinajstić information content (AvgIpc) is 2.71. The van der Waals surface area contributed by atoms with Crippen molar-refractivity contribution in [3.63, 3.8) is 0 Å². The van der Waals surface area contributed by atoms with Crippen molar-refractivity contribution < 1.29 is 31.0 Å². The average molecular weight is 305 g/mol. The van der Waals surface area contributed by atoms with Crippen LogP contribution in [0.3, 0.4) is 0 Å². The van der Waals surface area contributed by atoms with Crippen LogP contribution in [-0.2, 0) is 10.1 Å². The van der Waals surface area contributed by atoms with E-state index in [0.717, 1.165) is 6.04 Å². The van der Waals surface area contributed by atoms with E-state index in [9.17, 15) is 13.2 Å². The predicted molar refractivity (Wildman–Crippen MR) is 64.7 cm³/mol. The highest BCUT2D eigenvalue weighted by molar-refractivity contribution is 7.86. The minimum absolute atomic E-state index is 1.00. The molecule has 1 heterocycles. The van der Waals surface area contributed by atoms with E-state index in [0.29, 0.717) is 0 Å². The van der Waals surface area contributed by atoms with E-state index in [1.807, 2.05) is 4.90 Å². The molecule has 0 radical (unpaired) electrons. The maximum absolute atomic E-state index is 10.7. The van der Waals surface area contributed by atoms with Gasteiger partial charge < -0.3 is 9.45 Å². The van der Waals surface area contributed by atoms with Gasteiger partial charge in [0.1, 0.15) is 0 Å². The first kappa shape index (κ1) is 18.7. The molecule has 1 aliphatic heterocycles. The number of halogens is 3. The van der Waals surface area contributed by atoms with E-state index in [1.54, 1.807) is 0 Å². The molecular formula is C11H22F3NO3S. The summed E-state index contributed by atoms with van der Waals surface area (Å²) in [6.07, 6.45) is 7.12. The van der Waals surface area contributed by atoms with Gasteiger partial charge in [-0.3, -0.25) is 0 Å². The lowest BCUT2D eigenvalue weighted by molar-refractivity contribution is -0.912. The number of likely N-dealkylation sites (tertiary alicyclic amines) is 1. The second-order valence-electron chi connectivity index (χ2n) is 4.66. The molecule has 2 unspecified atom stereocenters. The highest BCUT2D eigenvalue weighted by Crippen LogP contribution is 2.20. The van der Waals surface area contributed by atoms with Gasteiger partial charge in [0, 0.05) is 12.8 Å². The molecule has 0 aromatic carbocycles. The lowest BCUT2D eigenvalue weighted by atomic mass is 10.1. The van der Waals surface area contributed by atoms with E-state index in [1.165, 1.54) is 45.2 Å². The Bertz CT molecular complexity index is 344. The Morgan fingerprint density at radius 2 is 1.84 bits per heavy atom. The van der Waals surface area contributed by atoms with Crippen molar-refractivity contribution in [2.45, 2.75) is 57.5 Å². The van der Waals surface area contributed by atoms with Crippen molar-refractivity contribution in [1.29, 1.82) is 0 Å². The van der Waals surface area contributed by atoms with Crippen LogP contribution in [0.2, 0.25) is 0 Å². The van der Waals surface area contributed by atoms with Crippen LogP contribution in [0.15, 0.2) is 0 Å². The summed E-state index contributed by atoms with van der Waals surface area (Å²) in [6.45, 7) is 7.49. The van der Waals surface area contributed by atoms with Crippen LogP contribution >= 0.6 is 0 Å². The molecule has 116 valence electrons. The largest absolute Gasteiger partial charge is 0.741 e. The Kier molecular flexibility index (Phi) is 7.92. The van der Waals surface area contributed by atoms with Crippen LogP contribution in [0.5, 0.6) is 0 Å². The maximum atomic E-state index is 10.7. The minimum atomic E-state index is -6.09. The van der Waals surface area contributed by atoms with Crippen molar-refractivity contribution in [3.05, 3.63) is 0 Å². The third-order valence-electron chi connectivity index (χ3n) is 3.26. The molecule has 1 rings (SSSR count). The van der Waals surface area contributed by atoms with Gasteiger partial charge >= 0.3 is 5.51 Å². The molecule has 0 aromatic heterocycles. The van der Waals surface area contributed by atoms with Crippen LogP contribution in [0.4, 0.5) is 13.2 Å². The molecule has 0 saturated carbocycles. The molecular weight excluding hydrogens is 283 g/mol. The molecule has 0 aromatic rings. The molecule has 1 saturated heterocycles. The number of nitrogens with one attached hydrogen (secondary N) is 1. The molecule has 0 bridgehead atoms. The minimum Gasteiger partial charge on any atom is -0.741 e. The van der Waals surface area contributed by atoms with E-state index in [-0.39, 0.29) is 0 Å². The molecule has 0 amide bonds. The Hall–Kier alpha value is -0.340. The molecule has 0 spiro atoms. The number of alkyl halides is 3. The summed E-state index contributed by atoms with van der Waals surface area (Å²) in [6, 6.07) is 1.00. The van der Waals surface area contributed by atoms with Gasteiger partial charge in [-0.15, -0.1) is 0 Å². The molecule has 8 heteroatoms. The summed E-state index contributed by atoms with van der Waals surface area (Å²) in [5.74, 6) is 0. The van der Waals surface area contributed by atoms with Gasteiger partial charge in [-0.05, 0) is 12.8 Å². The van der Waals surface area contributed by atoms with Crippen molar-refractivity contribution in [2.24, 2.45) is 0 Å². The zero-order chi connectivity index (χ0) is 15.1. The summed E-state index contributed by atoms with van der Waals surface area (Å²) >= 11 is 0. The van der Waals surface area contributed by atoms with Gasteiger partial charge in [-0.25, -0.2) is 8.42 Å². The fourth-order valence-electron chi connectivity index (χ4n) is 2.21. The Labute approximate surface area is 112 Å². The molecule has 1 N–H and O–H groups in total. The maximum Gasteiger partial charge on any atom is 0.485 e. The number of hydrogen-bond donors (Lipinski definition) is 1. The second kappa shape index (κ2) is 8.06. The van der Waals surface area contributed by atoms with Gasteiger partial charge in [0.25, 0.3) is 0 Å². The molecule has 1 aliphatic rings. The fourth-order valence-corrected chi connectivity index (χ4v) is 2.21. The van der Waals surface area contributed by atoms with Crippen LogP contribution in [0, 0.1) is 0 Å². The van der Waals surface area contributed by atoms with Crippen LogP contribution in [0.1, 0.15) is 46.0 Å². The van der Waals surface area contributed by atoms with E-state index >= 15 is 0 Å². The number of unbranched alkanes of at least 4 members (excludes halogenated alkanes) is 1. The number of rotatable bonds is 4. The van der Waals surface area contributed by atoms with Crippen LogP contribution in [0.25, 0.3) is 0 Å². The van der Waals surface area contributed by atoms with Crippen molar-refractivity contribution in [3.8, 4) is 0 Å². The van der Waals surface area contributed by atoms with Crippen molar-refractivity contribution >= 4 is 10.1 Å². The zero-order valence-electron chi connectivity index (χ0n) is 11.3. The first-order valence-corrected chi connectivity index (χ1v) is 7.91. The summed E-state index contributed by atoms with van der Waals surface area (Å²) in [5, 5.41) is 0. The number of quaternary nitrogens is 1. The standard InChI is InChI=1S/C10H21N.CHF3O3S/c1-3-5-8-11-9-6-7-10(11)4-2;2-1(3,4)8(5,6)7/h10H,3-9H2,1-2H3;(H,5,6,7). The third-order valence-corrected chi connectivity index (χ3v) is 3.82. The second-order valence-corrected chi connectivity index (χ2v) is 6.03. The Balaban J connectivity index is 0.000000362. The quantitative estimate of drug-likeness (QED) is 0.629. The molecule has 0 aliphatic carbocycles. The SMILES string of the molecule is CCCC[NH+]1CCCC1CC.O=S(=O)([O-])C(F)(F)F. The predicted octanol–water partition coefficient (Wildman–Crippen LogP) is 1.30. The highest BCUT2D eigenvalue weighted by Gasteiger charge is 2.36. The van der Waals surface area contributed by atoms with E-state index < -0.39 is 15.6 Å². The summed E-state index contributed by atoms with van der Waals surface area (Å²) in [5.41, 5.74) is -5.65. The summed E-state index contributed by atoms with van der Waals surface area (Å²) in [4.78, 5) is 1.88. The highest BCUT2D eigenvalue weighted by atomic mass is 32.2. The van der Waals surface area contributed by atoms with Crippen LogP contribution in [-0.4, -0.2) is 37.6 Å². The smallest absolute Gasteiger partial charge is 0.485 e. The van der Waals surface area contributed by atoms with Gasteiger partial charge in [0.05, 0.1) is 19.1 Å². The van der Waals surface area contributed by atoms with E-state index in [4.69, 9.17) is 13.0 Å². The summed E-state index contributed by atoms with van der Waals surface area (Å²) < 4.78 is 58.9.